The van der Waals surface area contributed by atoms with Crippen LogP contribution in [0.15, 0.2) is 0 Å². The van der Waals surface area contributed by atoms with E-state index in [4.69, 9.17) is 4.74 Å². The second-order valence-corrected chi connectivity index (χ2v) is 9.44. The first-order valence-electron chi connectivity index (χ1n) is 10.6. The fraction of sp³-hybridized carbons (Fsp3) is 0.727. The lowest BCUT2D eigenvalue weighted by atomic mass is 9.53. The lowest BCUT2D eigenvalue weighted by molar-refractivity contribution is -0.753. The molecule has 0 spiro atoms. The maximum Gasteiger partial charge on any atom is 0.340 e. The summed E-state index contributed by atoms with van der Waals surface area (Å²) in [5.41, 5.74) is 2.80. The van der Waals surface area contributed by atoms with Crippen molar-refractivity contribution in [3.8, 4) is 0 Å². The number of nitrogens with two attached hydrogens (primary N) is 1. The van der Waals surface area contributed by atoms with Gasteiger partial charge in [0.1, 0.15) is 6.04 Å². The first kappa shape index (κ1) is 18.7. The summed E-state index contributed by atoms with van der Waals surface area (Å²) in [5.74, 6) is 2.38. The van der Waals surface area contributed by atoms with Crippen LogP contribution < -0.4 is 5.32 Å². The number of H-pyrrole nitrogens is 1. The zero-order valence-corrected chi connectivity index (χ0v) is 17.1. The number of aryl methyl sites for hydroxylation is 1. The Morgan fingerprint density at radius 2 is 1.70 bits per heavy atom. The molecule has 0 amide bonds. The minimum absolute atomic E-state index is 0.0990. The molecule has 1 aromatic heterocycles. The third-order valence-corrected chi connectivity index (χ3v) is 7.27. The molecule has 4 aliphatic rings. The molecule has 0 radical (unpaired) electrons. The molecule has 4 aliphatic carbocycles. The second kappa shape index (κ2) is 6.77. The van der Waals surface area contributed by atoms with Crippen molar-refractivity contribution in [1.29, 1.82) is 0 Å². The number of nitrogens with one attached hydrogen (secondary N) is 1. The van der Waals surface area contributed by atoms with Gasteiger partial charge in [-0.25, -0.2) is 4.79 Å². The number of carbonyl (C=O) groups is 2. The van der Waals surface area contributed by atoms with Crippen LogP contribution in [0.4, 0.5) is 0 Å². The molecule has 5 nitrogen and oxygen atoms in total. The Bertz CT molecular complexity index is 729. The molecule has 4 fully saturated rings. The minimum atomic E-state index is -0.347. The minimum Gasteiger partial charge on any atom is -0.462 e. The second-order valence-electron chi connectivity index (χ2n) is 9.44. The molecule has 3 N–H and O–H groups in total. The molecule has 0 saturated heterocycles. The van der Waals surface area contributed by atoms with Gasteiger partial charge in [0.25, 0.3) is 0 Å². The summed E-state index contributed by atoms with van der Waals surface area (Å²) in [6.07, 6.45) is 8.04. The maximum absolute atomic E-state index is 13.2. The SMILES string of the molecule is CCOC(=O)c1c(C)[nH]c(C(=O)[C@H](C)[NH2+]C23CC4CC(CC(C4)C2)C3)c1C. The summed E-state index contributed by atoms with van der Waals surface area (Å²) < 4.78 is 5.16. The third kappa shape index (κ3) is 3.24. The molecule has 4 saturated carbocycles. The molecular weight excluding hydrogens is 340 g/mol. The number of rotatable bonds is 6. The van der Waals surface area contributed by atoms with Gasteiger partial charge < -0.3 is 15.0 Å². The Morgan fingerprint density at radius 3 is 2.22 bits per heavy atom. The molecule has 148 valence electrons. The highest BCUT2D eigenvalue weighted by Crippen LogP contribution is 2.54. The van der Waals surface area contributed by atoms with E-state index in [9.17, 15) is 9.59 Å². The number of esters is 1. The molecule has 0 aliphatic heterocycles. The first-order chi connectivity index (χ1) is 12.8. The Labute approximate surface area is 161 Å². The smallest absolute Gasteiger partial charge is 0.340 e. The van der Waals surface area contributed by atoms with E-state index in [1.54, 1.807) is 6.92 Å². The highest BCUT2D eigenvalue weighted by molar-refractivity contribution is 6.03. The topological polar surface area (TPSA) is 75.8 Å². The predicted octanol–water partition coefficient (Wildman–Crippen LogP) is 2.91. The van der Waals surface area contributed by atoms with Crippen molar-refractivity contribution in [2.45, 2.75) is 77.8 Å². The van der Waals surface area contributed by atoms with E-state index in [2.05, 4.69) is 10.3 Å². The van der Waals surface area contributed by atoms with E-state index < -0.39 is 0 Å². The van der Waals surface area contributed by atoms with Crippen LogP contribution in [0.2, 0.25) is 0 Å². The van der Waals surface area contributed by atoms with Gasteiger partial charge in [-0.3, -0.25) is 4.79 Å². The molecule has 27 heavy (non-hydrogen) atoms. The molecule has 5 heteroatoms. The zero-order chi connectivity index (χ0) is 19.3. The van der Waals surface area contributed by atoms with Gasteiger partial charge in [-0.15, -0.1) is 0 Å². The summed E-state index contributed by atoms with van der Waals surface area (Å²) in [4.78, 5) is 28.6. The molecule has 5 rings (SSSR count). The lowest BCUT2D eigenvalue weighted by Crippen LogP contribution is -3.03. The van der Waals surface area contributed by atoms with Crippen LogP contribution in [-0.2, 0) is 4.74 Å². The van der Waals surface area contributed by atoms with Gasteiger partial charge >= 0.3 is 5.97 Å². The Kier molecular flexibility index (Phi) is 4.69. The van der Waals surface area contributed by atoms with Gasteiger partial charge in [0.2, 0.25) is 5.78 Å². The van der Waals surface area contributed by atoms with Crippen LogP contribution in [0, 0.1) is 31.6 Å². The van der Waals surface area contributed by atoms with Crippen molar-refractivity contribution in [3.63, 3.8) is 0 Å². The van der Waals surface area contributed by atoms with Gasteiger partial charge in [-0.2, -0.15) is 0 Å². The van der Waals surface area contributed by atoms with E-state index in [0.29, 0.717) is 17.9 Å². The maximum atomic E-state index is 13.2. The first-order valence-corrected chi connectivity index (χ1v) is 10.6. The number of aromatic nitrogens is 1. The highest BCUT2D eigenvalue weighted by atomic mass is 16.5. The van der Waals surface area contributed by atoms with E-state index in [-0.39, 0.29) is 23.3 Å². The summed E-state index contributed by atoms with van der Waals surface area (Å²) in [7, 11) is 0. The quantitative estimate of drug-likeness (QED) is 0.595. The fourth-order valence-corrected chi connectivity index (χ4v) is 6.72. The summed E-state index contributed by atoms with van der Waals surface area (Å²) in [5, 5.41) is 2.37. The Hall–Kier alpha value is -1.62. The summed E-state index contributed by atoms with van der Waals surface area (Å²) >= 11 is 0. The third-order valence-electron chi connectivity index (χ3n) is 7.27. The predicted molar refractivity (Wildman–Crippen MR) is 103 cm³/mol. The van der Waals surface area contributed by atoms with Gasteiger partial charge in [-0.05, 0) is 70.3 Å². The number of hydrogen-bond acceptors (Lipinski definition) is 3. The molecule has 1 atom stereocenters. The Balaban J connectivity index is 1.52. The highest BCUT2D eigenvalue weighted by Gasteiger charge is 2.54. The van der Waals surface area contributed by atoms with Crippen molar-refractivity contribution in [2.24, 2.45) is 17.8 Å². The molecular formula is C22H33N2O3+. The number of quaternary nitrogens is 1. The van der Waals surface area contributed by atoms with Crippen LogP contribution in [-0.4, -0.2) is 34.9 Å². The van der Waals surface area contributed by atoms with Crippen LogP contribution >= 0.6 is 0 Å². The molecule has 1 aromatic rings. The number of ketones is 1. The fourth-order valence-electron chi connectivity index (χ4n) is 6.72. The average molecular weight is 374 g/mol. The molecule has 0 aromatic carbocycles. The van der Waals surface area contributed by atoms with Crippen molar-refractivity contribution >= 4 is 11.8 Å². The summed E-state index contributed by atoms with van der Waals surface area (Å²) in [6, 6.07) is -0.131. The number of hydrogen-bond donors (Lipinski definition) is 2. The van der Waals surface area contributed by atoms with Gasteiger partial charge in [0.05, 0.1) is 23.4 Å². The lowest BCUT2D eigenvalue weighted by Gasteiger charge is -2.55. The van der Waals surface area contributed by atoms with Crippen LogP contribution in [0.1, 0.15) is 84.5 Å². The van der Waals surface area contributed by atoms with Gasteiger partial charge in [0, 0.05) is 25.0 Å². The van der Waals surface area contributed by atoms with Crippen molar-refractivity contribution in [3.05, 3.63) is 22.5 Å². The van der Waals surface area contributed by atoms with Crippen molar-refractivity contribution in [1.82, 2.24) is 4.98 Å². The zero-order valence-electron chi connectivity index (χ0n) is 17.1. The normalized spacial score (nSPS) is 32.5. The van der Waals surface area contributed by atoms with Crippen LogP contribution in [0.3, 0.4) is 0 Å². The monoisotopic (exact) mass is 373 g/mol. The Morgan fingerprint density at radius 1 is 1.15 bits per heavy atom. The van der Waals surface area contributed by atoms with E-state index in [1.807, 2.05) is 20.8 Å². The van der Waals surface area contributed by atoms with Crippen LogP contribution in [0.5, 0.6) is 0 Å². The number of carbonyl (C=O) groups excluding carboxylic acids is 2. The number of ether oxygens (including phenoxy) is 1. The average Bonchev–Trinajstić information content (AvgIpc) is 2.87. The van der Waals surface area contributed by atoms with E-state index >= 15 is 0 Å². The standard InChI is InChI=1S/C22H32N2O3/c1-5-27-21(26)18-12(2)19(23-13(18)3)20(25)14(4)24-22-9-15-6-16(10-22)8-17(7-15)11-22/h14-17,23-24H,5-11H2,1-4H3/p+1/t14-,15?,16?,17?,22?/m0/s1. The van der Waals surface area contributed by atoms with Gasteiger partial charge in [0.15, 0.2) is 0 Å². The molecule has 0 unspecified atom stereocenters. The molecule has 1 heterocycles. The van der Waals surface area contributed by atoms with Crippen molar-refractivity contribution < 1.29 is 19.6 Å². The largest absolute Gasteiger partial charge is 0.462 e. The summed E-state index contributed by atoms with van der Waals surface area (Å²) in [6.45, 7) is 7.84. The van der Waals surface area contributed by atoms with E-state index in [1.165, 1.54) is 38.5 Å². The van der Waals surface area contributed by atoms with E-state index in [0.717, 1.165) is 29.0 Å². The number of Topliss-reactive ketones (excluding diaryl/α,β-unsaturated/α-hetero) is 1. The molecule has 4 bridgehead atoms. The number of aromatic amines is 1. The van der Waals surface area contributed by atoms with Crippen molar-refractivity contribution in [2.75, 3.05) is 6.61 Å². The van der Waals surface area contributed by atoms with Gasteiger partial charge in [-0.1, -0.05) is 0 Å². The van der Waals surface area contributed by atoms with Crippen LogP contribution in [0.25, 0.3) is 0 Å².